The predicted molar refractivity (Wildman–Crippen MR) is 90.7 cm³/mol. The SMILES string of the molecule is CCOc1ccc(NC(=O)C(C)(C#N)c2ccc(Cl)cc2)cc1. The number of ether oxygens (including phenoxy) is 1. The Morgan fingerprint density at radius 2 is 1.83 bits per heavy atom. The van der Waals surface area contributed by atoms with Gasteiger partial charge in [0.1, 0.15) is 5.75 Å². The van der Waals surface area contributed by atoms with Crippen molar-refractivity contribution < 1.29 is 9.53 Å². The van der Waals surface area contributed by atoms with Crippen LogP contribution in [0.25, 0.3) is 0 Å². The van der Waals surface area contributed by atoms with Gasteiger partial charge in [0.05, 0.1) is 12.7 Å². The number of anilines is 1. The molecule has 0 saturated heterocycles. The molecule has 0 heterocycles. The summed E-state index contributed by atoms with van der Waals surface area (Å²) in [5, 5.41) is 12.8. The highest BCUT2D eigenvalue weighted by molar-refractivity contribution is 6.30. The molecule has 23 heavy (non-hydrogen) atoms. The van der Waals surface area contributed by atoms with E-state index in [0.717, 1.165) is 5.75 Å². The molecule has 0 saturated carbocycles. The Balaban J connectivity index is 2.19. The summed E-state index contributed by atoms with van der Waals surface area (Å²) in [5.74, 6) is 0.331. The standard InChI is InChI=1S/C18H17ClN2O2/c1-3-23-16-10-8-15(9-11-16)21-17(22)18(2,12-20)13-4-6-14(19)7-5-13/h4-11H,3H2,1-2H3,(H,21,22). The first kappa shape index (κ1) is 16.9. The fourth-order valence-electron chi connectivity index (χ4n) is 2.09. The lowest BCUT2D eigenvalue weighted by atomic mass is 9.83. The molecule has 0 fully saturated rings. The second kappa shape index (κ2) is 7.17. The molecule has 0 radical (unpaired) electrons. The van der Waals surface area contributed by atoms with Gasteiger partial charge in [-0.05, 0) is 55.8 Å². The molecule has 5 heteroatoms. The van der Waals surface area contributed by atoms with E-state index < -0.39 is 11.3 Å². The van der Waals surface area contributed by atoms with Gasteiger partial charge in [0, 0.05) is 10.7 Å². The molecule has 0 aliphatic carbocycles. The zero-order chi connectivity index (χ0) is 16.9. The van der Waals surface area contributed by atoms with Crippen LogP contribution in [0.2, 0.25) is 5.02 Å². The summed E-state index contributed by atoms with van der Waals surface area (Å²) in [5.41, 5.74) is -0.106. The highest BCUT2D eigenvalue weighted by Crippen LogP contribution is 2.27. The van der Waals surface area contributed by atoms with Crippen molar-refractivity contribution in [1.29, 1.82) is 5.26 Å². The molecule has 0 aromatic heterocycles. The van der Waals surface area contributed by atoms with Crippen LogP contribution in [0.4, 0.5) is 5.69 Å². The zero-order valence-corrected chi connectivity index (χ0v) is 13.7. The molecule has 2 rings (SSSR count). The van der Waals surface area contributed by atoms with Gasteiger partial charge in [0.25, 0.3) is 0 Å². The summed E-state index contributed by atoms with van der Waals surface area (Å²) < 4.78 is 5.36. The summed E-state index contributed by atoms with van der Waals surface area (Å²) in [7, 11) is 0. The van der Waals surface area contributed by atoms with Gasteiger partial charge in [-0.1, -0.05) is 23.7 Å². The van der Waals surface area contributed by atoms with Crippen LogP contribution in [0.3, 0.4) is 0 Å². The van der Waals surface area contributed by atoms with E-state index in [-0.39, 0.29) is 0 Å². The van der Waals surface area contributed by atoms with Gasteiger partial charge in [0.2, 0.25) is 5.91 Å². The first-order valence-corrected chi connectivity index (χ1v) is 7.59. The maximum Gasteiger partial charge on any atom is 0.249 e. The minimum absolute atomic E-state index is 0.397. The zero-order valence-electron chi connectivity index (χ0n) is 13.0. The predicted octanol–water partition coefficient (Wildman–Crippen LogP) is 4.16. The molecule has 2 aromatic carbocycles. The number of nitrogens with one attached hydrogen (secondary N) is 1. The van der Waals surface area contributed by atoms with Gasteiger partial charge in [-0.25, -0.2) is 0 Å². The summed E-state index contributed by atoms with van der Waals surface area (Å²) >= 11 is 5.86. The average Bonchev–Trinajstić information content (AvgIpc) is 2.56. The Bertz CT molecular complexity index is 720. The second-order valence-corrected chi connectivity index (χ2v) is 5.59. The van der Waals surface area contributed by atoms with Gasteiger partial charge < -0.3 is 10.1 Å². The van der Waals surface area contributed by atoms with Crippen molar-refractivity contribution in [1.82, 2.24) is 0 Å². The third kappa shape index (κ3) is 3.82. The number of halogens is 1. The normalized spacial score (nSPS) is 12.8. The smallest absolute Gasteiger partial charge is 0.249 e. The Kier molecular flexibility index (Phi) is 5.25. The lowest BCUT2D eigenvalue weighted by Crippen LogP contribution is -2.36. The van der Waals surface area contributed by atoms with Gasteiger partial charge >= 0.3 is 0 Å². The number of rotatable bonds is 5. The molecule has 1 N–H and O–H groups in total. The first-order chi connectivity index (χ1) is 11.0. The number of amides is 1. The lowest BCUT2D eigenvalue weighted by molar-refractivity contribution is -0.119. The molecule has 0 aliphatic rings. The minimum Gasteiger partial charge on any atom is -0.494 e. The Morgan fingerprint density at radius 1 is 1.22 bits per heavy atom. The van der Waals surface area contributed by atoms with Crippen LogP contribution < -0.4 is 10.1 Å². The van der Waals surface area contributed by atoms with E-state index >= 15 is 0 Å². The molecular formula is C18H17ClN2O2. The quantitative estimate of drug-likeness (QED) is 0.896. The number of carbonyl (C=O) groups is 1. The van der Waals surface area contributed by atoms with E-state index in [1.807, 2.05) is 6.92 Å². The number of hydrogen-bond acceptors (Lipinski definition) is 3. The van der Waals surface area contributed by atoms with Gasteiger partial charge in [-0.15, -0.1) is 0 Å². The van der Waals surface area contributed by atoms with E-state index in [4.69, 9.17) is 16.3 Å². The van der Waals surface area contributed by atoms with E-state index in [1.54, 1.807) is 55.5 Å². The molecule has 1 atom stereocenters. The molecule has 2 aromatic rings. The van der Waals surface area contributed by atoms with Crippen LogP contribution in [0.5, 0.6) is 5.75 Å². The highest BCUT2D eigenvalue weighted by atomic mass is 35.5. The summed E-state index contributed by atoms with van der Waals surface area (Å²) in [6.07, 6.45) is 0. The van der Waals surface area contributed by atoms with E-state index in [0.29, 0.717) is 22.9 Å². The van der Waals surface area contributed by atoms with Gasteiger partial charge in [-0.3, -0.25) is 4.79 Å². The minimum atomic E-state index is -1.30. The fourth-order valence-corrected chi connectivity index (χ4v) is 2.21. The Hall–Kier alpha value is -2.51. The number of carbonyl (C=O) groups excluding carboxylic acids is 1. The Morgan fingerprint density at radius 3 is 2.35 bits per heavy atom. The fraction of sp³-hybridized carbons (Fsp3) is 0.222. The molecule has 4 nitrogen and oxygen atoms in total. The topological polar surface area (TPSA) is 62.1 Å². The van der Waals surface area contributed by atoms with Crippen LogP contribution in [0.15, 0.2) is 48.5 Å². The van der Waals surface area contributed by atoms with E-state index in [9.17, 15) is 10.1 Å². The van der Waals surface area contributed by atoms with Crippen molar-refractivity contribution in [2.45, 2.75) is 19.3 Å². The van der Waals surface area contributed by atoms with Gasteiger partial charge in [-0.2, -0.15) is 5.26 Å². The summed E-state index contributed by atoms with van der Waals surface area (Å²) in [6, 6.07) is 15.8. The van der Waals surface area contributed by atoms with Crippen molar-refractivity contribution in [3.05, 3.63) is 59.1 Å². The van der Waals surface area contributed by atoms with Crippen LogP contribution in [-0.2, 0) is 10.2 Å². The number of nitrogens with zero attached hydrogens (tertiary/aromatic N) is 1. The molecule has 1 unspecified atom stereocenters. The van der Waals surface area contributed by atoms with Crippen molar-refractivity contribution in [2.24, 2.45) is 0 Å². The van der Waals surface area contributed by atoms with Crippen LogP contribution in [0, 0.1) is 11.3 Å². The molecule has 0 bridgehead atoms. The van der Waals surface area contributed by atoms with Crippen molar-refractivity contribution in [2.75, 3.05) is 11.9 Å². The van der Waals surface area contributed by atoms with Crippen LogP contribution in [-0.4, -0.2) is 12.5 Å². The van der Waals surface area contributed by atoms with Crippen molar-refractivity contribution in [3.8, 4) is 11.8 Å². The summed E-state index contributed by atoms with van der Waals surface area (Å²) in [6.45, 7) is 4.06. The molecule has 1 amide bonds. The average molecular weight is 329 g/mol. The number of benzene rings is 2. The molecule has 0 spiro atoms. The molecule has 0 aliphatic heterocycles. The van der Waals surface area contributed by atoms with Crippen LogP contribution in [0.1, 0.15) is 19.4 Å². The van der Waals surface area contributed by atoms with E-state index in [2.05, 4.69) is 11.4 Å². The summed E-state index contributed by atoms with van der Waals surface area (Å²) in [4.78, 5) is 12.6. The third-order valence-corrected chi connectivity index (χ3v) is 3.77. The lowest BCUT2D eigenvalue weighted by Gasteiger charge is -2.21. The molecule has 118 valence electrons. The van der Waals surface area contributed by atoms with Crippen LogP contribution >= 0.6 is 11.6 Å². The largest absolute Gasteiger partial charge is 0.494 e. The maximum atomic E-state index is 12.6. The second-order valence-electron chi connectivity index (χ2n) is 5.16. The monoisotopic (exact) mass is 328 g/mol. The number of hydrogen-bond donors (Lipinski definition) is 1. The van der Waals surface area contributed by atoms with Gasteiger partial charge in [0.15, 0.2) is 5.41 Å². The maximum absolute atomic E-state index is 12.6. The Labute approximate surface area is 140 Å². The highest BCUT2D eigenvalue weighted by Gasteiger charge is 2.35. The first-order valence-electron chi connectivity index (χ1n) is 7.21. The third-order valence-electron chi connectivity index (χ3n) is 3.52. The van der Waals surface area contributed by atoms with Crippen molar-refractivity contribution >= 4 is 23.2 Å². The molecular weight excluding hydrogens is 312 g/mol. The van der Waals surface area contributed by atoms with Crippen molar-refractivity contribution in [3.63, 3.8) is 0 Å². The van der Waals surface area contributed by atoms with E-state index in [1.165, 1.54) is 0 Å². The number of nitriles is 1.